The van der Waals surface area contributed by atoms with Crippen molar-refractivity contribution < 1.29 is 13.9 Å². The van der Waals surface area contributed by atoms with Crippen molar-refractivity contribution in [1.82, 2.24) is 4.90 Å². The number of carbonyl (C=O) groups is 1. The number of ether oxygens (including phenoxy) is 1. The highest BCUT2D eigenvalue weighted by atomic mass is 35.5. The molecule has 0 spiro atoms. The molecule has 6 nitrogen and oxygen atoms in total. The van der Waals surface area contributed by atoms with Crippen molar-refractivity contribution in [2.24, 2.45) is 0 Å². The van der Waals surface area contributed by atoms with Crippen molar-refractivity contribution in [2.45, 2.75) is 13.3 Å². The van der Waals surface area contributed by atoms with Crippen LogP contribution in [0.5, 0.6) is 0 Å². The Bertz CT molecular complexity index is 1460. The van der Waals surface area contributed by atoms with E-state index in [0.717, 1.165) is 55.4 Å². The average molecular weight is 517 g/mol. The molecule has 1 saturated heterocycles. The zero-order valence-corrected chi connectivity index (χ0v) is 21.5. The van der Waals surface area contributed by atoms with Crippen LogP contribution in [0.1, 0.15) is 22.3 Å². The Morgan fingerprint density at radius 3 is 2.43 bits per heavy atom. The van der Waals surface area contributed by atoms with E-state index < -0.39 is 5.97 Å². The van der Waals surface area contributed by atoms with E-state index in [4.69, 9.17) is 20.8 Å². The number of para-hydroxylation sites is 2. The van der Waals surface area contributed by atoms with Gasteiger partial charge >= 0.3 is 5.97 Å². The molecule has 0 unspecified atom stereocenters. The molecule has 0 amide bonds. The standard InChI is InChI=1S/C30H29ClN2O4/c1-21-27(34)23-11-7-12-24(29(23)37-28(21)22-9-3-2-4-10-22)30(35)36-20-8-15-32-16-18-33(19-17-32)26-14-6-5-13-25(26)31/h2-7,9-14H,8,15-20H2,1H3. The van der Waals surface area contributed by atoms with Crippen LogP contribution >= 0.6 is 11.6 Å². The molecule has 0 atom stereocenters. The fourth-order valence-electron chi connectivity index (χ4n) is 4.79. The van der Waals surface area contributed by atoms with Crippen LogP contribution in [0.15, 0.2) is 82.0 Å². The van der Waals surface area contributed by atoms with Crippen LogP contribution in [-0.4, -0.2) is 50.2 Å². The Hall–Kier alpha value is -3.61. The van der Waals surface area contributed by atoms with E-state index in [1.165, 1.54) is 0 Å². The molecule has 0 radical (unpaired) electrons. The number of benzene rings is 3. The van der Waals surface area contributed by atoms with Gasteiger partial charge in [0.15, 0.2) is 11.0 Å². The molecule has 0 saturated carbocycles. The first-order valence-corrected chi connectivity index (χ1v) is 12.9. The summed E-state index contributed by atoms with van der Waals surface area (Å²) in [4.78, 5) is 30.7. The molecule has 2 heterocycles. The fourth-order valence-corrected chi connectivity index (χ4v) is 5.04. The van der Waals surface area contributed by atoms with Crippen LogP contribution in [-0.2, 0) is 4.74 Å². The van der Waals surface area contributed by atoms with Gasteiger partial charge in [-0.3, -0.25) is 9.69 Å². The molecule has 0 N–H and O–H groups in total. The molecule has 1 fully saturated rings. The summed E-state index contributed by atoms with van der Waals surface area (Å²) in [7, 11) is 0. The molecule has 0 bridgehead atoms. The highest BCUT2D eigenvalue weighted by molar-refractivity contribution is 6.33. The predicted octanol–water partition coefficient (Wildman–Crippen LogP) is 5.79. The SMILES string of the molecule is Cc1c(-c2ccccc2)oc2c(C(=O)OCCCN3CCN(c4ccccc4Cl)CC3)cccc2c1=O. The molecule has 190 valence electrons. The van der Waals surface area contributed by atoms with Crippen LogP contribution in [0.4, 0.5) is 5.69 Å². The van der Waals surface area contributed by atoms with Crippen molar-refractivity contribution in [2.75, 3.05) is 44.2 Å². The highest BCUT2D eigenvalue weighted by Crippen LogP contribution is 2.28. The quantitative estimate of drug-likeness (QED) is 0.229. The lowest BCUT2D eigenvalue weighted by Gasteiger charge is -2.36. The van der Waals surface area contributed by atoms with E-state index in [-0.39, 0.29) is 16.6 Å². The zero-order valence-electron chi connectivity index (χ0n) is 20.8. The molecule has 37 heavy (non-hydrogen) atoms. The number of anilines is 1. The van der Waals surface area contributed by atoms with Gasteiger partial charge in [0, 0.05) is 43.9 Å². The normalized spacial score (nSPS) is 14.2. The maximum atomic E-state index is 13.0. The minimum Gasteiger partial charge on any atom is -0.462 e. The van der Waals surface area contributed by atoms with Gasteiger partial charge in [0.05, 0.1) is 22.7 Å². The van der Waals surface area contributed by atoms with Gasteiger partial charge in [-0.05, 0) is 37.6 Å². The summed E-state index contributed by atoms with van der Waals surface area (Å²) in [6.45, 7) is 6.54. The molecule has 1 aromatic heterocycles. The Morgan fingerprint density at radius 2 is 1.68 bits per heavy atom. The minimum atomic E-state index is -0.486. The molecule has 5 rings (SSSR count). The predicted molar refractivity (Wildman–Crippen MR) is 148 cm³/mol. The van der Waals surface area contributed by atoms with E-state index in [0.29, 0.717) is 23.3 Å². The van der Waals surface area contributed by atoms with Gasteiger partial charge in [-0.15, -0.1) is 0 Å². The summed E-state index contributed by atoms with van der Waals surface area (Å²) in [5, 5.41) is 1.15. The first kappa shape index (κ1) is 25.1. The van der Waals surface area contributed by atoms with Gasteiger partial charge in [-0.1, -0.05) is 60.1 Å². The van der Waals surface area contributed by atoms with Crippen molar-refractivity contribution in [3.05, 3.63) is 99.2 Å². The van der Waals surface area contributed by atoms with Crippen molar-refractivity contribution >= 4 is 34.2 Å². The minimum absolute atomic E-state index is 0.148. The lowest BCUT2D eigenvalue weighted by molar-refractivity contribution is 0.0488. The van der Waals surface area contributed by atoms with E-state index in [2.05, 4.69) is 15.9 Å². The third-order valence-electron chi connectivity index (χ3n) is 6.82. The van der Waals surface area contributed by atoms with E-state index >= 15 is 0 Å². The summed E-state index contributed by atoms with van der Waals surface area (Å²) in [5.41, 5.74) is 2.75. The second-order valence-electron chi connectivity index (χ2n) is 9.20. The van der Waals surface area contributed by atoms with Crippen molar-refractivity contribution in [1.29, 1.82) is 0 Å². The van der Waals surface area contributed by atoms with Gasteiger partial charge in [-0.25, -0.2) is 4.79 Å². The van der Waals surface area contributed by atoms with Gasteiger partial charge in [-0.2, -0.15) is 0 Å². The number of halogens is 1. The number of esters is 1. The molecule has 7 heteroatoms. The van der Waals surface area contributed by atoms with Crippen LogP contribution in [0.3, 0.4) is 0 Å². The molecule has 1 aliphatic heterocycles. The number of hydrogen-bond acceptors (Lipinski definition) is 6. The summed E-state index contributed by atoms with van der Waals surface area (Å²) >= 11 is 6.34. The van der Waals surface area contributed by atoms with Crippen molar-refractivity contribution in [3.8, 4) is 11.3 Å². The van der Waals surface area contributed by atoms with E-state index in [1.807, 2.05) is 48.5 Å². The monoisotopic (exact) mass is 516 g/mol. The topological polar surface area (TPSA) is 63.0 Å². The highest BCUT2D eigenvalue weighted by Gasteiger charge is 2.21. The Morgan fingerprint density at radius 1 is 0.946 bits per heavy atom. The number of nitrogens with zero attached hydrogens (tertiary/aromatic N) is 2. The Balaban J connectivity index is 1.20. The zero-order chi connectivity index (χ0) is 25.8. The van der Waals surface area contributed by atoms with Crippen molar-refractivity contribution in [3.63, 3.8) is 0 Å². The summed E-state index contributed by atoms with van der Waals surface area (Å²) < 4.78 is 11.7. The fraction of sp³-hybridized carbons (Fsp3) is 0.267. The van der Waals surface area contributed by atoms with Crippen LogP contribution < -0.4 is 10.3 Å². The first-order valence-electron chi connectivity index (χ1n) is 12.5. The molecule has 4 aromatic rings. The lowest BCUT2D eigenvalue weighted by Crippen LogP contribution is -2.46. The van der Waals surface area contributed by atoms with Gasteiger partial charge in [0.1, 0.15) is 11.3 Å². The maximum Gasteiger partial charge on any atom is 0.341 e. The summed E-state index contributed by atoms with van der Waals surface area (Å²) in [6, 6.07) is 22.4. The second kappa shape index (κ2) is 11.2. The Kier molecular flexibility index (Phi) is 7.58. The average Bonchev–Trinajstić information content (AvgIpc) is 2.94. The smallest absolute Gasteiger partial charge is 0.341 e. The maximum absolute atomic E-state index is 13.0. The molecule has 0 aliphatic carbocycles. The number of hydrogen-bond donors (Lipinski definition) is 0. The molecule has 3 aromatic carbocycles. The first-order chi connectivity index (χ1) is 18.0. The number of rotatable bonds is 7. The molecular formula is C30H29ClN2O4. The third kappa shape index (κ3) is 5.41. The number of fused-ring (bicyclic) bond motifs is 1. The third-order valence-corrected chi connectivity index (χ3v) is 7.14. The largest absolute Gasteiger partial charge is 0.462 e. The van der Waals surface area contributed by atoms with Crippen LogP contribution in [0, 0.1) is 6.92 Å². The van der Waals surface area contributed by atoms with Gasteiger partial charge in [0.2, 0.25) is 0 Å². The summed E-state index contributed by atoms with van der Waals surface area (Å²) in [6.07, 6.45) is 0.723. The molecular weight excluding hydrogens is 488 g/mol. The van der Waals surface area contributed by atoms with E-state index in [1.54, 1.807) is 25.1 Å². The van der Waals surface area contributed by atoms with Gasteiger partial charge < -0.3 is 14.1 Å². The number of piperazine rings is 1. The van der Waals surface area contributed by atoms with E-state index in [9.17, 15) is 9.59 Å². The summed E-state index contributed by atoms with van der Waals surface area (Å²) in [5.74, 6) is -0.0190. The molecule has 1 aliphatic rings. The van der Waals surface area contributed by atoms with Gasteiger partial charge in [0.25, 0.3) is 0 Å². The second-order valence-corrected chi connectivity index (χ2v) is 9.61. The lowest BCUT2D eigenvalue weighted by atomic mass is 10.0. The number of carbonyl (C=O) groups excluding carboxylic acids is 1. The Labute approximate surface area is 221 Å². The van der Waals surface area contributed by atoms with Crippen LogP contribution in [0.25, 0.3) is 22.3 Å². The van der Waals surface area contributed by atoms with Crippen LogP contribution in [0.2, 0.25) is 5.02 Å².